The number of amides is 2. The number of aryl methyl sites for hydroxylation is 1. The van der Waals surface area contributed by atoms with Crippen molar-refractivity contribution in [2.24, 2.45) is 0 Å². The van der Waals surface area contributed by atoms with Crippen molar-refractivity contribution < 1.29 is 9.59 Å². The standard InChI is InChI=1S/C28H32N2O2S/c1-5-20-11-13-22(14-12-20)27(32)30(28(2,3)4)19-25(31)29-17-15-24-23(16-18-33-24)26(29)21-9-7-6-8-10-21/h6-14,16,18,26H,5,15,17,19H2,1-4H3. The fourth-order valence-corrected chi connectivity index (χ4v) is 5.36. The van der Waals surface area contributed by atoms with Gasteiger partial charge in [0.1, 0.15) is 6.54 Å². The molecule has 1 aliphatic rings. The van der Waals surface area contributed by atoms with Crippen molar-refractivity contribution >= 4 is 23.2 Å². The third-order valence-corrected chi connectivity index (χ3v) is 7.36. The number of rotatable bonds is 5. The third kappa shape index (κ3) is 4.88. The fourth-order valence-electron chi connectivity index (χ4n) is 4.46. The molecule has 2 aromatic carbocycles. The summed E-state index contributed by atoms with van der Waals surface area (Å²) in [5, 5.41) is 2.11. The summed E-state index contributed by atoms with van der Waals surface area (Å²) in [5.41, 5.74) is 3.63. The minimum absolute atomic E-state index is 0.0193. The predicted octanol–water partition coefficient (Wildman–Crippen LogP) is 5.73. The lowest BCUT2D eigenvalue weighted by atomic mass is 9.93. The minimum atomic E-state index is -0.484. The van der Waals surface area contributed by atoms with Gasteiger partial charge in [-0.25, -0.2) is 0 Å². The quantitative estimate of drug-likeness (QED) is 0.488. The molecule has 2 amide bonds. The lowest BCUT2D eigenvalue weighted by molar-refractivity contribution is -0.135. The maximum absolute atomic E-state index is 13.7. The lowest BCUT2D eigenvalue weighted by Crippen LogP contribution is -2.52. The zero-order chi connectivity index (χ0) is 23.6. The molecule has 3 aromatic rings. The van der Waals surface area contributed by atoms with Crippen LogP contribution in [0.4, 0.5) is 0 Å². The van der Waals surface area contributed by atoms with Crippen molar-refractivity contribution in [3.63, 3.8) is 0 Å². The van der Waals surface area contributed by atoms with E-state index in [0.29, 0.717) is 12.1 Å². The Morgan fingerprint density at radius 3 is 2.36 bits per heavy atom. The summed E-state index contributed by atoms with van der Waals surface area (Å²) in [6.45, 7) is 8.77. The van der Waals surface area contributed by atoms with Gasteiger partial charge in [0, 0.05) is 22.5 Å². The maximum atomic E-state index is 13.7. The van der Waals surface area contributed by atoms with Crippen LogP contribution in [-0.4, -0.2) is 40.2 Å². The molecule has 172 valence electrons. The number of thiophene rings is 1. The molecule has 0 bridgehead atoms. The van der Waals surface area contributed by atoms with E-state index in [9.17, 15) is 9.59 Å². The van der Waals surface area contributed by atoms with Crippen molar-refractivity contribution in [1.82, 2.24) is 9.80 Å². The Balaban J connectivity index is 1.62. The molecular formula is C28H32N2O2S. The first-order valence-electron chi connectivity index (χ1n) is 11.6. The van der Waals surface area contributed by atoms with Crippen LogP contribution < -0.4 is 0 Å². The average molecular weight is 461 g/mol. The van der Waals surface area contributed by atoms with Crippen LogP contribution in [0.2, 0.25) is 0 Å². The van der Waals surface area contributed by atoms with Crippen LogP contribution in [0.3, 0.4) is 0 Å². The van der Waals surface area contributed by atoms with Crippen molar-refractivity contribution in [1.29, 1.82) is 0 Å². The summed E-state index contributed by atoms with van der Waals surface area (Å²) in [7, 11) is 0. The maximum Gasteiger partial charge on any atom is 0.254 e. The van der Waals surface area contributed by atoms with E-state index in [2.05, 4.69) is 30.5 Å². The van der Waals surface area contributed by atoms with Gasteiger partial charge in [0.15, 0.2) is 0 Å². The summed E-state index contributed by atoms with van der Waals surface area (Å²) in [4.78, 5) is 32.2. The van der Waals surface area contributed by atoms with E-state index >= 15 is 0 Å². The number of nitrogens with zero attached hydrogens (tertiary/aromatic N) is 2. The molecule has 0 fully saturated rings. The number of fused-ring (bicyclic) bond motifs is 1. The SMILES string of the molecule is CCc1ccc(C(=O)N(CC(=O)N2CCc3sccc3C2c2ccccc2)C(C)(C)C)cc1. The third-order valence-electron chi connectivity index (χ3n) is 6.36. The highest BCUT2D eigenvalue weighted by Crippen LogP contribution is 2.38. The Morgan fingerprint density at radius 2 is 1.73 bits per heavy atom. The number of hydrogen-bond acceptors (Lipinski definition) is 3. The predicted molar refractivity (Wildman–Crippen MR) is 135 cm³/mol. The molecule has 0 saturated carbocycles. The highest BCUT2D eigenvalue weighted by atomic mass is 32.1. The van der Waals surface area contributed by atoms with Crippen LogP contribution in [-0.2, 0) is 17.6 Å². The minimum Gasteiger partial charge on any atom is -0.330 e. The second-order valence-corrected chi connectivity index (χ2v) is 10.6. The highest BCUT2D eigenvalue weighted by Gasteiger charge is 2.36. The van der Waals surface area contributed by atoms with E-state index in [1.54, 1.807) is 16.2 Å². The molecule has 4 rings (SSSR count). The van der Waals surface area contributed by atoms with Crippen molar-refractivity contribution in [3.8, 4) is 0 Å². The van der Waals surface area contributed by atoms with E-state index in [4.69, 9.17) is 0 Å². The molecule has 5 heteroatoms. The number of hydrogen-bond donors (Lipinski definition) is 0. The van der Waals surface area contributed by atoms with Crippen LogP contribution in [0.15, 0.2) is 66.0 Å². The number of benzene rings is 2. The molecule has 1 unspecified atom stereocenters. The van der Waals surface area contributed by atoms with Crippen LogP contribution in [0.25, 0.3) is 0 Å². The van der Waals surface area contributed by atoms with Gasteiger partial charge in [-0.05, 0) is 73.9 Å². The van der Waals surface area contributed by atoms with E-state index in [1.165, 1.54) is 16.0 Å². The van der Waals surface area contributed by atoms with Crippen molar-refractivity contribution in [3.05, 3.63) is 93.2 Å². The van der Waals surface area contributed by atoms with E-state index in [1.807, 2.05) is 68.1 Å². The van der Waals surface area contributed by atoms with Gasteiger partial charge in [0.05, 0.1) is 6.04 Å². The summed E-state index contributed by atoms with van der Waals surface area (Å²) < 4.78 is 0. The second-order valence-electron chi connectivity index (χ2n) is 9.56. The van der Waals surface area contributed by atoms with Crippen molar-refractivity contribution in [2.75, 3.05) is 13.1 Å². The molecular weight excluding hydrogens is 428 g/mol. The number of carbonyl (C=O) groups excluding carboxylic acids is 2. The van der Waals surface area contributed by atoms with Gasteiger partial charge in [0.25, 0.3) is 5.91 Å². The Bertz CT molecular complexity index is 1110. The van der Waals surface area contributed by atoms with Crippen LogP contribution in [0.1, 0.15) is 65.7 Å². The van der Waals surface area contributed by atoms with E-state index in [-0.39, 0.29) is 24.4 Å². The second kappa shape index (κ2) is 9.52. The summed E-state index contributed by atoms with van der Waals surface area (Å²) in [6.07, 6.45) is 1.78. The molecule has 1 atom stereocenters. The Kier molecular flexibility index (Phi) is 6.71. The van der Waals surface area contributed by atoms with Gasteiger partial charge in [-0.2, -0.15) is 0 Å². The zero-order valence-corrected chi connectivity index (χ0v) is 20.7. The fraction of sp³-hybridized carbons (Fsp3) is 0.357. The van der Waals surface area contributed by atoms with Gasteiger partial charge in [-0.15, -0.1) is 11.3 Å². The van der Waals surface area contributed by atoms with Crippen LogP contribution in [0.5, 0.6) is 0 Å². The first-order valence-corrected chi connectivity index (χ1v) is 12.5. The smallest absolute Gasteiger partial charge is 0.254 e. The number of carbonyl (C=O) groups is 2. The molecule has 0 radical (unpaired) electrons. The van der Waals surface area contributed by atoms with Gasteiger partial charge in [0.2, 0.25) is 5.91 Å². The summed E-state index contributed by atoms with van der Waals surface area (Å²) in [6, 6.07) is 19.9. The van der Waals surface area contributed by atoms with E-state index < -0.39 is 5.54 Å². The summed E-state index contributed by atoms with van der Waals surface area (Å²) >= 11 is 1.76. The normalized spacial score (nSPS) is 15.8. The molecule has 1 aliphatic heterocycles. The molecule has 0 N–H and O–H groups in total. The van der Waals surface area contributed by atoms with Gasteiger partial charge in [-0.3, -0.25) is 9.59 Å². The van der Waals surface area contributed by atoms with Gasteiger partial charge >= 0.3 is 0 Å². The topological polar surface area (TPSA) is 40.6 Å². The Labute approximate surface area is 200 Å². The molecule has 1 aromatic heterocycles. The zero-order valence-electron chi connectivity index (χ0n) is 19.9. The largest absolute Gasteiger partial charge is 0.330 e. The van der Waals surface area contributed by atoms with Crippen LogP contribution in [0, 0.1) is 0 Å². The van der Waals surface area contributed by atoms with Gasteiger partial charge in [-0.1, -0.05) is 49.4 Å². The van der Waals surface area contributed by atoms with Crippen LogP contribution >= 0.6 is 11.3 Å². The molecule has 0 aliphatic carbocycles. The molecule has 0 saturated heterocycles. The first-order chi connectivity index (χ1) is 15.8. The summed E-state index contributed by atoms with van der Waals surface area (Å²) in [5.74, 6) is -0.128. The van der Waals surface area contributed by atoms with E-state index in [0.717, 1.165) is 18.4 Å². The molecule has 4 nitrogen and oxygen atoms in total. The first kappa shape index (κ1) is 23.2. The monoisotopic (exact) mass is 460 g/mol. The molecule has 0 spiro atoms. The van der Waals surface area contributed by atoms with Crippen molar-refractivity contribution in [2.45, 2.75) is 52.1 Å². The highest BCUT2D eigenvalue weighted by molar-refractivity contribution is 7.10. The Hall–Kier alpha value is -2.92. The molecule has 33 heavy (non-hydrogen) atoms. The molecule has 2 heterocycles. The lowest BCUT2D eigenvalue weighted by Gasteiger charge is -2.40. The van der Waals surface area contributed by atoms with Gasteiger partial charge < -0.3 is 9.80 Å². The Morgan fingerprint density at radius 1 is 1.03 bits per heavy atom. The average Bonchev–Trinajstić information content (AvgIpc) is 3.30.